The number of hydrogen-bond donors (Lipinski definition) is 1. The SMILES string of the molecule is O=C(NC(c1ccc(Cl)cc1)C(/N=C/c1ccc(Cl)cc1)c1ccc(Cl)cc1)c1ccc(Cl)cc1. The average Bonchev–Trinajstić information content (AvgIpc) is 2.86. The van der Waals surface area contributed by atoms with Gasteiger partial charge in [0, 0.05) is 31.9 Å². The molecule has 1 amide bonds. The molecule has 0 aliphatic rings. The van der Waals surface area contributed by atoms with Gasteiger partial charge in [0.25, 0.3) is 5.91 Å². The molecule has 2 unspecified atom stereocenters. The lowest BCUT2D eigenvalue weighted by Gasteiger charge is -2.26. The molecule has 4 aromatic rings. The number of nitrogens with one attached hydrogen (secondary N) is 1. The van der Waals surface area contributed by atoms with Crippen molar-refractivity contribution in [3.05, 3.63) is 139 Å². The highest BCUT2D eigenvalue weighted by molar-refractivity contribution is 6.31. The molecule has 0 heterocycles. The van der Waals surface area contributed by atoms with Crippen LogP contribution in [0.5, 0.6) is 0 Å². The Morgan fingerprint density at radius 3 is 1.57 bits per heavy atom. The number of nitrogens with zero attached hydrogens (tertiary/aromatic N) is 1. The number of amides is 1. The summed E-state index contributed by atoms with van der Waals surface area (Å²) in [5, 5.41) is 5.57. The summed E-state index contributed by atoms with van der Waals surface area (Å²) in [6, 6.07) is 27.9. The number of halogens is 4. The largest absolute Gasteiger partial charge is 0.343 e. The Morgan fingerprint density at radius 2 is 1.06 bits per heavy atom. The summed E-state index contributed by atoms with van der Waals surface area (Å²) in [4.78, 5) is 18.1. The lowest BCUT2D eigenvalue weighted by Crippen LogP contribution is -2.32. The van der Waals surface area contributed by atoms with Gasteiger partial charge in [0.1, 0.15) is 0 Å². The highest BCUT2D eigenvalue weighted by Crippen LogP contribution is 2.34. The van der Waals surface area contributed by atoms with Gasteiger partial charge in [0.2, 0.25) is 0 Å². The van der Waals surface area contributed by atoms with Crippen molar-refractivity contribution in [3.63, 3.8) is 0 Å². The van der Waals surface area contributed by atoms with Gasteiger partial charge >= 0.3 is 0 Å². The molecule has 2 atom stereocenters. The molecule has 0 saturated heterocycles. The van der Waals surface area contributed by atoms with E-state index in [1.807, 2.05) is 48.5 Å². The molecule has 176 valence electrons. The molecule has 4 aromatic carbocycles. The van der Waals surface area contributed by atoms with Crippen LogP contribution in [-0.2, 0) is 0 Å². The quantitative estimate of drug-likeness (QED) is 0.234. The first-order valence-corrected chi connectivity index (χ1v) is 12.3. The zero-order chi connectivity index (χ0) is 24.8. The van der Waals surface area contributed by atoms with Crippen LogP contribution in [0.1, 0.15) is 39.1 Å². The summed E-state index contributed by atoms with van der Waals surface area (Å²) in [7, 11) is 0. The third kappa shape index (κ3) is 6.87. The molecule has 0 fully saturated rings. The number of benzene rings is 4. The Bertz CT molecular complexity index is 1300. The Kier molecular flexibility index (Phi) is 8.48. The highest BCUT2D eigenvalue weighted by Gasteiger charge is 2.26. The van der Waals surface area contributed by atoms with Crippen molar-refractivity contribution in [1.29, 1.82) is 0 Å². The second-order valence-electron chi connectivity index (χ2n) is 7.84. The van der Waals surface area contributed by atoms with Crippen molar-refractivity contribution in [2.45, 2.75) is 12.1 Å². The molecule has 0 spiro atoms. The van der Waals surface area contributed by atoms with Crippen LogP contribution in [0.15, 0.2) is 102 Å². The lowest BCUT2D eigenvalue weighted by atomic mass is 9.93. The maximum Gasteiger partial charge on any atom is 0.251 e. The molecular weight excluding hydrogens is 522 g/mol. The fourth-order valence-electron chi connectivity index (χ4n) is 3.58. The van der Waals surface area contributed by atoms with E-state index >= 15 is 0 Å². The Labute approximate surface area is 224 Å². The van der Waals surface area contributed by atoms with Gasteiger partial charge in [-0.05, 0) is 77.4 Å². The van der Waals surface area contributed by atoms with Gasteiger partial charge in [-0.2, -0.15) is 0 Å². The van der Waals surface area contributed by atoms with Crippen LogP contribution in [-0.4, -0.2) is 12.1 Å². The van der Waals surface area contributed by atoms with Gasteiger partial charge in [0.15, 0.2) is 0 Å². The maximum absolute atomic E-state index is 13.2. The van der Waals surface area contributed by atoms with Gasteiger partial charge in [-0.3, -0.25) is 9.79 Å². The Balaban J connectivity index is 1.76. The van der Waals surface area contributed by atoms with Gasteiger partial charge in [-0.15, -0.1) is 0 Å². The van der Waals surface area contributed by atoms with Crippen LogP contribution in [0.4, 0.5) is 0 Å². The second-order valence-corrected chi connectivity index (χ2v) is 9.58. The van der Waals surface area contributed by atoms with E-state index in [0.29, 0.717) is 25.7 Å². The third-order valence-electron chi connectivity index (χ3n) is 5.40. The zero-order valence-corrected chi connectivity index (χ0v) is 21.4. The molecule has 0 aliphatic heterocycles. The fraction of sp³-hybridized carbons (Fsp3) is 0.0714. The summed E-state index contributed by atoms with van der Waals surface area (Å²) in [6.45, 7) is 0. The van der Waals surface area contributed by atoms with E-state index in [0.717, 1.165) is 16.7 Å². The van der Waals surface area contributed by atoms with Crippen molar-refractivity contribution < 1.29 is 4.79 Å². The van der Waals surface area contributed by atoms with Crippen molar-refractivity contribution >= 4 is 58.5 Å². The van der Waals surface area contributed by atoms with Crippen LogP contribution in [0.3, 0.4) is 0 Å². The van der Waals surface area contributed by atoms with E-state index < -0.39 is 12.1 Å². The lowest BCUT2D eigenvalue weighted by molar-refractivity contribution is 0.0930. The number of carbonyl (C=O) groups is 1. The normalized spacial score (nSPS) is 12.9. The van der Waals surface area contributed by atoms with Gasteiger partial charge in [-0.25, -0.2) is 0 Å². The van der Waals surface area contributed by atoms with Crippen molar-refractivity contribution in [3.8, 4) is 0 Å². The summed E-state index contributed by atoms with van der Waals surface area (Å²) < 4.78 is 0. The fourth-order valence-corrected chi connectivity index (χ4v) is 4.08. The first-order chi connectivity index (χ1) is 16.9. The Morgan fingerprint density at radius 1 is 0.629 bits per heavy atom. The molecule has 0 aliphatic carbocycles. The van der Waals surface area contributed by atoms with E-state index in [9.17, 15) is 4.79 Å². The van der Waals surface area contributed by atoms with Gasteiger partial charge in [-0.1, -0.05) is 82.8 Å². The number of hydrogen-bond acceptors (Lipinski definition) is 2. The van der Waals surface area contributed by atoms with Crippen LogP contribution in [0.2, 0.25) is 20.1 Å². The van der Waals surface area contributed by atoms with E-state index in [4.69, 9.17) is 51.4 Å². The zero-order valence-electron chi connectivity index (χ0n) is 18.3. The van der Waals surface area contributed by atoms with E-state index in [1.54, 1.807) is 54.7 Å². The molecular formula is C28H20Cl4N2O. The topological polar surface area (TPSA) is 41.5 Å². The maximum atomic E-state index is 13.2. The standard InChI is InChI=1S/C28H20Cl4N2O/c29-22-9-1-18(2-10-22)17-33-26(19-3-11-23(30)12-4-19)27(20-5-13-24(31)14-6-20)34-28(35)21-7-15-25(32)16-8-21/h1-17,26-27H,(H,34,35)/b33-17+. The van der Waals surface area contributed by atoms with E-state index in [2.05, 4.69) is 5.32 Å². The molecule has 7 heteroatoms. The third-order valence-corrected chi connectivity index (χ3v) is 6.41. The van der Waals surface area contributed by atoms with Gasteiger partial charge in [0.05, 0.1) is 12.1 Å². The predicted octanol–water partition coefficient (Wildman–Crippen LogP) is 8.63. The number of carbonyl (C=O) groups excluding carboxylic acids is 1. The molecule has 35 heavy (non-hydrogen) atoms. The summed E-state index contributed by atoms with van der Waals surface area (Å²) in [5.74, 6) is -0.248. The van der Waals surface area contributed by atoms with Crippen LogP contribution in [0, 0.1) is 0 Å². The summed E-state index contributed by atoms with van der Waals surface area (Å²) >= 11 is 24.3. The smallest absolute Gasteiger partial charge is 0.251 e. The van der Waals surface area contributed by atoms with Crippen molar-refractivity contribution in [1.82, 2.24) is 5.32 Å². The minimum absolute atomic E-state index is 0.248. The monoisotopic (exact) mass is 540 g/mol. The molecule has 3 nitrogen and oxygen atoms in total. The van der Waals surface area contributed by atoms with Gasteiger partial charge < -0.3 is 5.32 Å². The molecule has 0 saturated carbocycles. The molecule has 4 rings (SSSR count). The molecule has 0 aromatic heterocycles. The average molecular weight is 542 g/mol. The number of aliphatic imine (C=N–C) groups is 1. The van der Waals surface area contributed by atoms with Crippen LogP contribution in [0.25, 0.3) is 0 Å². The minimum atomic E-state index is -0.500. The second kappa shape index (κ2) is 11.7. The van der Waals surface area contributed by atoms with Crippen molar-refractivity contribution in [2.24, 2.45) is 4.99 Å². The number of rotatable bonds is 7. The van der Waals surface area contributed by atoms with Crippen molar-refractivity contribution in [2.75, 3.05) is 0 Å². The molecule has 0 bridgehead atoms. The van der Waals surface area contributed by atoms with Crippen LogP contribution < -0.4 is 5.32 Å². The summed E-state index contributed by atoms with van der Waals surface area (Å²) in [6.07, 6.45) is 1.77. The highest BCUT2D eigenvalue weighted by atomic mass is 35.5. The first kappa shape index (κ1) is 25.3. The van der Waals surface area contributed by atoms with E-state index in [-0.39, 0.29) is 5.91 Å². The molecule has 0 radical (unpaired) electrons. The Hall–Kier alpha value is -2.82. The first-order valence-electron chi connectivity index (χ1n) is 10.7. The summed E-state index contributed by atoms with van der Waals surface area (Å²) in [5.41, 5.74) is 3.11. The minimum Gasteiger partial charge on any atom is -0.343 e. The molecule has 1 N–H and O–H groups in total. The van der Waals surface area contributed by atoms with E-state index in [1.165, 1.54) is 0 Å². The van der Waals surface area contributed by atoms with Crippen LogP contribution >= 0.6 is 46.4 Å². The predicted molar refractivity (Wildman–Crippen MR) is 146 cm³/mol.